The third-order valence-corrected chi connectivity index (χ3v) is 2.11. The summed E-state index contributed by atoms with van der Waals surface area (Å²) in [5, 5.41) is 9.41. The summed E-state index contributed by atoms with van der Waals surface area (Å²) in [7, 11) is 1.51. The van der Waals surface area contributed by atoms with Gasteiger partial charge in [0.15, 0.2) is 11.5 Å². The molecule has 0 heterocycles. The van der Waals surface area contributed by atoms with Crippen LogP contribution in [0.3, 0.4) is 0 Å². The highest BCUT2D eigenvalue weighted by atomic mass is 79.9. The molecule has 3 heteroatoms. The fourth-order valence-electron chi connectivity index (χ4n) is 0.867. The van der Waals surface area contributed by atoms with Crippen molar-refractivity contribution in [3.63, 3.8) is 0 Å². The summed E-state index contributed by atoms with van der Waals surface area (Å²) in [6, 6.07) is 3.48. The first-order valence-electron chi connectivity index (χ1n) is 3.38. The molecule has 0 spiro atoms. The van der Waals surface area contributed by atoms with E-state index in [1.807, 2.05) is 0 Å². The predicted octanol–water partition coefficient (Wildman–Crippen LogP) is 2.81. The zero-order chi connectivity index (χ0) is 9.14. The second kappa shape index (κ2) is 3.63. The van der Waals surface area contributed by atoms with Crippen molar-refractivity contribution in [1.29, 1.82) is 0 Å². The van der Waals surface area contributed by atoms with Gasteiger partial charge in [0.25, 0.3) is 0 Å². The first-order chi connectivity index (χ1) is 5.69. The molecule has 0 aliphatic heterocycles. The van der Waals surface area contributed by atoms with Gasteiger partial charge in [-0.1, -0.05) is 12.7 Å². The van der Waals surface area contributed by atoms with Gasteiger partial charge in [-0.25, -0.2) is 0 Å². The van der Waals surface area contributed by atoms with Crippen LogP contribution in [0, 0.1) is 0 Å². The minimum Gasteiger partial charge on any atom is -0.503 e. The maximum Gasteiger partial charge on any atom is 0.172 e. The van der Waals surface area contributed by atoms with E-state index in [0.717, 1.165) is 5.56 Å². The molecule has 0 aromatic heterocycles. The number of hydrogen-bond acceptors (Lipinski definition) is 2. The van der Waals surface area contributed by atoms with E-state index >= 15 is 0 Å². The predicted molar refractivity (Wildman–Crippen MR) is 52.4 cm³/mol. The van der Waals surface area contributed by atoms with Gasteiger partial charge in [-0.05, 0) is 33.6 Å². The summed E-state index contributed by atoms with van der Waals surface area (Å²) in [6.07, 6.45) is 1.69. The lowest BCUT2D eigenvalue weighted by molar-refractivity contribution is 0.372. The average molecular weight is 229 g/mol. The summed E-state index contributed by atoms with van der Waals surface area (Å²) in [5.41, 5.74) is 0.900. The summed E-state index contributed by atoms with van der Waals surface area (Å²) < 4.78 is 5.55. The largest absolute Gasteiger partial charge is 0.503 e. The van der Waals surface area contributed by atoms with Crippen molar-refractivity contribution < 1.29 is 9.84 Å². The van der Waals surface area contributed by atoms with E-state index in [9.17, 15) is 5.11 Å². The van der Waals surface area contributed by atoms with Crippen molar-refractivity contribution in [2.45, 2.75) is 0 Å². The Morgan fingerprint density at radius 1 is 1.58 bits per heavy atom. The average Bonchev–Trinajstić information content (AvgIpc) is 2.09. The zero-order valence-corrected chi connectivity index (χ0v) is 8.26. The highest BCUT2D eigenvalue weighted by molar-refractivity contribution is 9.10. The smallest absolute Gasteiger partial charge is 0.172 e. The van der Waals surface area contributed by atoms with Crippen molar-refractivity contribution in [2.75, 3.05) is 7.11 Å². The van der Waals surface area contributed by atoms with Crippen LogP contribution in [0.2, 0.25) is 0 Å². The molecule has 0 aliphatic carbocycles. The van der Waals surface area contributed by atoms with Crippen molar-refractivity contribution >= 4 is 22.0 Å². The SMILES string of the molecule is C=Cc1cc(Br)c(O)c(OC)c1. The molecule has 0 radical (unpaired) electrons. The number of halogens is 1. The Bertz CT molecular complexity index is 308. The van der Waals surface area contributed by atoms with Crippen molar-refractivity contribution in [2.24, 2.45) is 0 Å². The van der Waals surface area contributed by atoms with Crippen LogP contribution in [0.1, 0.15) is 5.56 Å². The second-order valence-corrected chi connectivity index (χ2v) is 3.11. The van der Waals surface area contributed by atoms with Crippen LogP contribution in [0.4, 0.5) is 0 Å². The highest BCUT2D eigenvalue weighted by Crippen LogP contribution is 2.35. The zero-order valence-electron chi connectivity index (χ0n) is 6.67. The second-order valence-electron chi connectivity index (χ2n) is 2.26. The molecule has 1 rings (SSSR count). The van der Waals surface area contributed by atoms with Crippen LogP contribution in [-0.4, -0.2) is 12.2 Å². The minimum atomic E-state index is 0.114. The van der Waals surface area contributed by atoms with Crippen LogP contribution in [-0.2, 0) is 0 Å². The maximum atomic E-state index is 9.41. The van der Waals surface area contributed by atoms with E-state index < -0.39 is 0 Å². The number of phenols is 1. The summed E-state index contributed by atoms with van der Waals surface area (Å²) in [5.74, 6) is 0.558. The first-order valence-corrected chi connectivity index (χ1v) is 4.17. The molecule has 1 aromatic rings. The van der Waals surface area contributed by atoms with Gasteiger partial charge in [0, 0.05) is 0 Å². The first kappa shape index (κ1) is 9.13. The topological polar surface area (TPSA) is 29.5 Å². The Kier molecular flexibility index (Phi) is 2.76. The molecule has 0 saturated heterocycles. The molecule has 12 heavy (non-hydrogen) atoms. The van der Waals surface area contributed by atoms with E-state index in [0.29, 0.717) is 10.2 Å². The number of methoxy groups -OCH3 is 1. The fraction of sp³-hybridized carbons (Fsp3) is 0.111. The Labute approximate surface area is 79.6 Å². The Morgan fingerprint density at radius 3 is 2.75 bits per heavy atom. The van der Waals surface area contributed by atoms with Gasteiger partial charge in [-0.15, -0.1) is 0 Å². The monoisotopic (exact) mass is 228 g/mol. The Hall–Kier alpha value is -0.960. The molecule has 0 bridgehead atoms. The van der Waals surface area contributed by atoms with Gasteiger partial charge < -0.3 is 9.84 Å². The van der Waals surface area contributed by atoms with Gasteiger partial charge in [-0.3, -0.25) is 0 Å². The number of ether oxygens (including phenoxy) is 1. The van der Waals surface area contributed by atoms with Crippen molar-refractivity contribution in [3.05, 3.63) is 28.7 Å². The summed E-state index contributed by atoms with van der Waals surface area (Å²) >= 11 is 3.20. The molecule has 1 aromatic carbocycles. The molecule has 0 fully saturated rings. The van der Waals surface area contributed by atoms with E-state index in [4.69, 9.17) is 4.74 Å². The van der Waals surface area contributed by atoms with Crippen LogP contribution >= 0.6 is 15.9 Å². The molecule has 1 N–H and O–H groups in total. The van der Waals surface area contributed by atoms with Gasteiger partial charge in [0.05, 0.1) is 11.6 Å². The van der Waals surface area contributed by atoms with E-state index in [2.05, 4.69) is 22.5 Å². The summed E-state index contributed by atoms with van der Waals surface area (Å²) in [4.78, 5) is 0. The molecule has 2 nitrogen and oxygen atoms in total. The molecule has 0 aliphatic rings. The minimum absolute atomic E-state index is 0.114. The Balaban J connectivity index is 3.28. The van der Waals surface area contributed by atoms with Crippen LogP contribution in [0.15, 0.2) is 23.2 Å². The molecule has 0 unspecified atom stereocenters. The van der Waals surface area contributed by atoms with E-state index in [-0.39, 0.29) is 5.75 Å². The van der Waals surface area contributed by atoms with Gasteiger partial charge in [0.1, 0.15) is 0 Å². The number of hydrogen-bond donors (Lipinski definition) is 1. The lowest BCUT2D eigenvalue weighted by atomic mass is 10.2. The third kappa shape index (κ3) is 1.61. The highest BCUT2D eigenvalue weighted by Gasteiger charge is 2.06. The molecule has 0 amide bonds. The Morgan fingerprint density at radius 2 is 2.25 bits per heavy atom. The molecular weight excluding hydrogens is 220 g/mol. The lowest BCUT2D eigenvalue weighted by Crippen LogP contribution is -1.85. The molecule has 0 atom stereocenters. The van der Waals surface area contributed by atoms with Gasteiger partial charge in [-0.2, -0.15) is 0 Å². The number of phenolic OH excluding ortho intramolecular Hbond substituents is 1. The quantitative estimate of drug-likeness (QED) is 0.844. The fourth-order valence-corrected chi connectivity index (χ4v) is 1.33. The molecule has 0 saturated carbocycles. The summed E-state index contributed by atoms with van der Waals surface area (Å²) in [6.45, 7) is 3.62. The standard InChI is InChI=1S/C9H9BrO2/c1-3-6-4-7(10)9(11)8(5-6)12-2/h3-5,11H,1H2,2H3. The van der Waals surface area contributed by atoms with Gasteiger partial charge >= 0.3 is 0 Å². The maximum absolute atomic E-state index is 9.41. The van der Waals surface area contributed by atoms with Gasteiger partial charge in [0.2, 0.25) is 0 Å². The van der Waals surface area contributed by atoms with Crippen molar-refractivity contribution in [1.82, 2.24) is 0 Å². The number of aromatic hydroxyl groups is 1. The molecular formula is C9H9BrO2. The van der Waals surface area contributed by atoms with Crippen LogP contribution in [0.25, 0.3) is 6.08 Å². The van der Waals surface area contributed by atoms with E-state index in [1.54, 1.807) is 18.2 Å². The van der Waals surface area contributed by atoms with Crippen molar-refractivity contribution in [3.8, 4) is 11.5 Å². The number of rotatable bonds is 2. The van der Waals surface area contributed by atoms with Crippen LogP contribution in [0.5, 0.6) is 11.5 Å². The lowest BCUT2D eigenvalue weighted by Gasteiger charge is -2.05. The molecule has 64 valence electrons. The third-order valence-electron chi connectivity index (χ3n) is 1.51. The number of benzene rings is 1. The van der Waals surface area contributed by atoms with Crippen LogP contribution < -0.4 is 4.74 Å². The normalized spacial score (nSPS) is 9.50. The van der Waals surface area contributed by atoms with E-state index in [1.165, 1.54) is 7.11 Å².